The van der Waals surface area contributed by atoms with Crippen LogP contribution in [0.2, 0.25) is 0 Å². The first-order valence-electron chi connectivity index (χ1n) is 10.6. The van der Waals surface area contributed by atoms with Crippen LogP contribution in [0.15, 0.2) is 0 Å². The molecule has 0 rings (SSSR count). The van der Waals surface area contributed by atoms with Gasteiger partial charge in [0.15, 0.2) is 5.25 Å². The van der Waals surface area contributed by atoms with Crippen molar-refractivity contribution < 1.29 is 99.2 Å². The number of hydrogen-bond donors (Lipinski definition) is 2. The first-order valence-corrected chi connectivity index (χ1v) is 12.1. The van der Waals surface area contributed by atoms with Gasteiger partial charge in [-0.05, 0) is 6.42 Å². The molecule has 0 aromatic carbocycles. The van der Waals surface area contributed by atoms with Crippen LogP contribution in [0.3, 0.4) is 0 Å². The Morgan fingerprint density at radius 3 is 1.55 bits per heavy atom. The minimum Gasteiger partial charge on any atom is -1.00 e. The molecule has 0 aliphatic heterocycles. The normalized spacial score (nSPS) is 11.7. The van der Waals surface area contributed by atoms with Gasteiger partial charge in [-0.2, -0.15) is 8.42 Å². The van der Waals surface area contributed by atoms with Crippen molar-refractivity contribution in [2.75, 3.05) is 0 Å². The van der Waals surface area contributed by atoms with Gasteiger partial charge in [-0.25, -0.2) is 0 Å². The van der Waals surface area contributed by atoms with Crippen LogP contribution < -0.4 is 59.1 Å². The summed E-state index contributed by atoms with van der Waals surface area (Å²) in [5.74, 6) is -4.08. The Morgan fingerprint density at radius 1 is 0.806 bits per heavy atom. The van der Waals surface area contributed by atoms with E-state index in [-0.39, 0.29) is 68.4 Å². The average Bonchev–Trinajstić information content (AvgIpc) is 2.62. The molecule has 11 heteroatoms. The molecule has 1 unspecified atom stereocenters. The van der Waals surface area contributed by atoms with Crippen molar-refractivity contribution >= 4 is 28.0 Å². The summed E-state index contributed by atoms with van der Waals surface area (Å²) < 4.78 is 35.4. The van der Waals surface area contributed by atoms with E-state index in [4.69, 9.17) is 9.66 Å². The number of carboxylic acids is 1. The Hall–Kier alpha value is 0.520. The molecule has 0 saturated heterocycles. The number of carboxylic acid groups (broad SMARTS) is 1. The fourth-order valence-corrected chi connectivity index (χ4v) is 3.63. The summed E-state index contributed by atoms with van der Waals surface area (Å²) in [6, 6.07) is 0. The van der Waals surface area contributed by atoms with E-state index in [0.717, 1.165) is 25.7 Å². The maximum absolute atomic E-state index is 11.6. The van der Waals surface area contributed by atoms with E-state index < -0.39 is 39.7 Å². The Balaban J connectivity index is -0.000000653. The maximum Gasteiger partial charge on any atom is 1.00 e. The minimum absolute atomic E-state index is 0. The number of hydrogen-bond acceptors (Lipinski definition) is 6. The minimum atomic E-state index is -4.96. The van der Waals surface area contributed by atoms with Gasteiger partial charge in [-0.3, -0.25) is 18.9 Å². The second kappa shape index (κ2) is 22.3. The summed E-state index contributed by atoms with van der Waals surface area (Å²) in [4.78, 5) is 33.8. The molecule has 0 aromatic heterocycles. The molecule has 8 nitrogen and oxygen atoms in total. The van der Waals surface area contributed by atoms with Crippen molar-refractivity contribution in [3.05, 3.63) is 0 Å². The van der Waals surface area contributed by atoms with E-state index in [0.29, 0.717) is 6.42 Å². The standard InChI is InChI=1S/C20H36O8S.2Na.2H/c1-2-3-4-5-6-7-8-9-10-11-12-13-14-15-19(23)28-20(24)17(16-18(21)22)29(25,26)27;;;;/h17H,2-16H2,1H3,(H,21,22)(H,25,26,27);;;;/q;2*+1;2*-1. The van der Waals surface area contributed by atoms with Crippen molar-refractivity contribution in [3.63, 3.8) is 0 Å². The van der Waals surface area contributed by atoms with Gasteiger partial charge in [-0.15, -0.1) is 0 Å². The molecule has 31 heavy (non-hydrogen) atoms. The zero-order chi connectivity index (χ0) is 22.1. The van der Waals surface area contributed by atoms with Crippen LogP contribution in [0.1, 0.15) is 106 Å². The van der Waals surface area contributed by atoms with Crippen molar-refractivity contribution in [2.45, 2.75) is 108 Å². The van der Waals surface area contributed by atoms with Crippen molar-refractivity contribution in [3.8, 4) is 0 Å². The van der Waals surface area contributed by atoms with Gasteiger partial charge in [-0.1, -0.05) is 84.0 Å². The van der Waals surface area contributed by atoms with Gasteiger partial charge in [0.2, 0.25) is 0 Å². The van der Waals surface area contributed by atoms with Gasteiger partial charge in [0.05, 0.1) is 6.42 Å². The third-order valence-corrected chi connectivity index (χ3v) is 5.76. The van der Waals surface area contributed by atoms with Crippen molar-refractivity contribution in [2.24, 2.45) is 0 Å². The second-order valence-electron chi connectivity index (χ2n) is 7.39. The van der Waals surface area contributed by atoms with Crippen LogP contribution in [0, 0.1) is 0 Å². The van der Waals surface area contributed by atoms with E-state index in [1.807, 2.05) is 0 Å². The van der Waals surface area contributed by atoms with Crippen molar-refractivity contribution in [1.29, 1.82) is 0 Å². The quantitative estimate of drug-likeness (QED) is 0.0789. The largest absolute Gasteiger partial charge is 1.00 e. The Bertz CT molecular complexity index is 607. The SMILES string of the molecule is CCCCCCCCCCCCCCCC(=O)OC(=O)C(CC(=O)O)S(=O)(=O)O.[H-].[H-].[Na+].[Na+]. The Kier molecular flexibility index (Phi) is 26.0. The molecule has 0 radical (unpaired) electrons. The molecular formula is C20H38Na2O8S. The first-order chi connectivity index (χ1) is 13.7. The fraction of sp³-hybridized carbons (Fsp3) is 0.850. The summed E-state index contributed by atoms with van der Waals surface area (Å²) >= 11 is 0. The van der Waals surface area contributed by atoms with E-state index in [9.17, 15) is 22.8 Å². The van der Waals surface area contributed by atoms with E-state index in [2.05, 4.69) is 11.7 Å². The monoisotopic (exact) mass is 484 g/mol. The van der Waals surface area contributed by atoms with Gasteiger partial charge in [0.25, 0.3) is 10.1 Å². The van der Waals surface area contributed by atoms with Crippen LogP contribution in [0.5, 0.6) is 0 Å². The molecule has 0 saturated carbocycles. The van der Waals surface area contributed by atoms with Crippen molar-refractivity contribution in [1.82, 2.24) is 0 Å². The topological polar surface area (TPSA) is 135 Å². The molecule has 0 aliphatic carbocycles. The molecule has 0 aliphatic rings. The number of unbranched alkanes of at least 4 members (excludes halogenated alkanes) is 12. The molecule has 174 valence electrons. The fourth-order valence-electron chi connectivity index (χ4n) is 2.98. The summed E-state index contributed by atoms with van der Waals surface area (Å²) in [5.41, 5.74) is 0. The van der Waals surface area contributed by atoms with E-state index in [1.54, 1.807) is 0 Å². The van der Waals surface area contributed by atoms with Crippen LogP contribution >= 0.6 is 0 Å². The van der Waals surface area contributed by atoms with Gasteiger partial charge in [0.1, 0.15) is 0 Å². The van der Waals surface area contributed by atoms with Crippen LogP contribution in [0.25, 0.3) is 0 Å². The maximum atomic E-state index is 11.6. The number of carbonyl (C=O) groups is 3. The molecule has 0 aromatic rings. The summed E-state index contributed by atoms with van der Waals surface area (Å²) in [6.45, 7) is 2.21. The number of ether oxygens (including phenoxy) is 1. The second-order valence-corrected chi connectivity index (χ2v) is 8.99. The van der Waals surface area contributed by atoms with Gasteiger partial charge < -0.3 is 12.7 Å². The Labute approximate surface area is 233 Å². The first kappa shape index (κ1) is 36.1. The number of aliphatic carboxylic acids is 1. The predicted octanol–water partition coefficient (Wildman–Crippen LogP) is -1.50. The molecule has 0 amide bonds. The van der Waals surface area contributed by atoms with Crippen LogP contribution in [-0.2, 0) is 29.2 Å². The smallest absolute Gasteiger partial charge is 1.00 e. The summed E-state index contributed by atoms with van der Waals surface area (Å²) in [7, 11) is -4.96. The van der Waals surface area contributed by atoms with Gasteiger partial charge >= 0.3 is 77.0 Å². The zero-order valence-corrected chi connectivity index (χ0v) is 24.3. The molecule has 2 N–H and O–H groups in total. The predicted molar refractivity (Wildman–Crippen MR) is 111 cm³/mol. The molecule has 1 atom stereocenters. The number of carbonyl (C=O) groups excluding carboxylic acids is 2. The van der Waals surface area contributed by atoms with Crippen LogP contribution in [-0.4, -0.2) is 41.2 Å². The zero-order valence-electron chi connectivity index (χ0n) is 21.4. The summed E-state index contributed by atoms with van der Waals surface area (Å²) in [5, 5.41) is 6.30. The van der Waals surface area contributed by atoms with E-state index >= 15 is 0 Å². The van der Waals surface area contributed by atoms with Gasteiger partial charge in [0, 0.05) is 6.42 Å². The summed E-state index contributed by atoms with van der Waals surface area (Å²) in [6.07, 6.45) is 13.6. The molecule has 0 heterocycles. The number of rotatable bonds is 18. The van der Waals surface area contributed by atoms with Crippen LogP contribution in [0.4, 0.5) is 0 Å². The third kappa shape index (κ3) is 22.1. The molecule has 0 spiro atoms. The molecular weight excluding hydrogens is 446 g/mol. The molecule has 0 bridgehead atoms. The Morgan fingerprint density at radius 2 is 1.19 bits per heavy atom. The number of esters is 2. The van der Waals surface area contributed by atoms with E-state index in [1.165, 1.54) is 51.4 Å². The third-order valence-electron chi connectivity index (χ3n) is 4.68. The average molecular weight is 485 g/mol. The molecule has 0 fully saturated rings.